The fourth-order valence-electron chi connectivity index (χ4n) is 2.65. The summed E-state index contributed by atoms with van der Waals surface area (Å²) >= 11 is 0. The van der Waals surface area contributed by atoms with E-state index in [2.05, 4.69) is 29.1 Å². The minimum absolute atomic E-state index is 0.0740. The first-order valence-corrected chi connectivity index (χ1v) is 7.44. The molecular weight excluding hydrogens is 226 g/mol. The Morgan fingerprint density at radius 2 is 2.17 bits per heavy atom. The number of carbonyl (C=O) groups is 1. The summed E-state index contributed by atoms with van der Waals surface area (Å²) in [5, 5.41) is 3.37. The van der Waals surface area contributed by atoms with Crippen molar-refractivity contribution in [1.29, 1.82) is 0 Å². The van der Waals surface area contributed by atoms with E-state index in [0.717, 1.165) is 51.5 Å². The average Bonchev–Trinajstić information content (AvgIpc) is 3.20. The Bertz CT molecular complexity index is 278. The maximum Gasteiger partial charge on any atom is 0.239 e. The minimum atomic E-state index is 0.0740. The van der Waals surface area contributed by atoms with Crippen LogP contribution in [0.25, 0.3) is 0 Å². The van der Waals surface area contributed by atoms with Crippen molar-refractivity contribution in [1.82, 2.24) is 15.1 Å². The van der Waals surface area contributed by atoms with Gasteiger partial charge in [-0.25, -0.2) is 0 Å². The number of likely N-dealkylation sites (N-methyl/N-ethyl adjacent to an activating group) is 1. The van der Waals surface area contributed by atoms with Crippen LogP contribution in [0.15, 0.2) is 0 Å². The molecule has 1 N–H and O–H groups in total. The number of rotatable bonds is 7. The molecule has 1 atom stereocenters. The van der Waals surface area contributed by atoms with Gasteiger partial charge in [0.1, 0.15) is 0 Å². The Labute approximate surface area is 111 Å². The van der Waals surface area contributed by atoms with Crippen molar-refractivity contribution in [3.63, 3.8) is 0 Å². The summed E-state index contributed by atoms with van der Waals surface area (Å²) < 4.78 is 0. The zero-order valence-electron chi connectivity index (χ0n) is 11.8. The van der Waals surface area contributed by atoms with E-state index in [1.165, 1.54) is 12.8 Å². The predicted molar refractivity (Wildman–Crippen MR) is 73.5 cm³/mol. The lowest BCUT2D eigenvalue weighted by atomic mass is 10.0. The van der Waals surface area contributed by atoms with Crippen molar-refractivity contribution in [2.45, 2.75) is 51.1 Å². The molecule has 2 rings (SSSR count). The predicted octanol–water partition coefficient (Wildman–Crippen LogP) is 1.07. The highest BCUT2D eigenvalue weighted by atomic mass is 16.2. The first kappa shape index (κ1) is 13.8. The van der Waals surface area contributed by atoms with Crippen LogP contribution in [0.4, 0.5) is 0 Å². The van der Waals surface area contributed by atoms with Gasteiger partial charge in [0.2, 0.25) is 5.91 Å². The van der Waals surface area contributed by atoms with Crippen LogP contribution < -0.4 is 5.32 Å². The van der Waals surface area contributed by atoms with E-state index in [1.807, 2.05) is 0 Å². The summed E-state index contributed by atoms with van der Waals surface area (Å²) in [5.41, 5.74) is 0. The molecule has 2 aliphatic rings. The van der Waals surface area contributed by atoms with Crippen LogP contribution in [-0.4, -0.2) is 61.0 Å². The van der Waals surface area contributed by atoms with Crippen molar-refractivity contribution < 1.29 is 4.79 Å². The Kier molecular flexibility index (Phi) is 5.01. The second-order valence-electron chi connectivity index (χ2n) is 5.69. The summed E-state index contributed by atoms with van der Waals surface area (Å²) in [4.78, 5) is 16.7. The van der Waals surface area contributed by atoms with E-state index in [0.29, 0.717) is 5.91 Å². The third kappa shape index (κ3) is 3.69. The van der Waals surface area contributed by atoms with Crippen molar-refractivity contribution in [3.05, 3.63) is 0 Å². The first-order valence-electron chi connectivity index (χ1n) is 7.44. The van der Waals surface area contributed by atoms with E-state index in [-0.39, 0.29) is 6.04 Å². The van der Waals surface area contributed by atoms with Crippen LogP contribution in [0.5, 0.6) is 0 Å². The van der Waals surface area contributed by atoms with Gasteiger partial charge in [0, 0.05) is 25.7 Å². The molecule has 1 saturated carbocycles. The van der Waals surface area contributed by atoms with Gasteiger partial charge in [0.05, 0.1) is 6.04 Å². The summed E-state index contributed by atoms with van der Waals surface area (Å²) in [6.07, 6.45) is 5.92. The monoisotopic (exact) mass is 253 g/mol. The second-order valence-corrected chi connectivity index (χ2v) is 5.69. The minimum Gasteiger partial charge on any atom is -0.340 e. The molecule has 1 aliphatic heterocycles. The van der Waals surface area contributed by atoms with Gasteiger partial charge in [-0.1, -0.05) is 6.92 Å². The van der Waals surface area contributed by atoms with Crippen LogP contribution in [0.3, 0.4) is 0 Å². The molecular formula is C14H27N3O. The Morgan fingerprint density at radius 1 is 1.39 bits per heavy atom. The molecule has 0 radical (unpaired) electrons. The van der Waals surface area contributed by atoms with Crippen molar-refractivity contribution in [2.75, 3.05) is 33.2 Å². The maximum atomic E-state index is 12.3. The number of hydrogen-bond donors (Lipinski definition) is 1. The number of amides is 1. The molecule has 0 bridgehead atoms. The highest BCUT2D eigenvalue weighted by Crippen LogP contribution is 2.25. The van der Waals surface area contributed by atoms with Crippen molar-refractivity contribution >= 4 is 5.91 Å². The molecule has 1 heterocycles. The molecule has 0 aromatic carbocycles. The SMILES string of the molecule is CCCNC1CCCN(CCN(C)C2CC2)C1=O. The third-order valence-corrected chi connectivity index (χ3v) is 4.06. The molecule has 2 fully saturated rings. The van der Waals surface area contributed by atoms with E-state index in [1.54, 1.807) is 0 Å². The normalized spacial score (nSPS) is 24.9. The van der Waals surface area contributed by atoms with Crippen molar-refractivity contribution in [3.8, 4) is 0 Å². The summed E-state index contributed by atoms with van der Waals surface area (Å²) in [7, 11) is 2.18. The lowest BCUT2D eigenvalue weighted by Crippen LogP contribution is -2.52. The molecule has 4 heteroatoms. The molecule has 1 aliphatic carbocycles. The number of likely N-dealkylation sites (tertiary alicyclic amines) is 1. The fraction of sp³-hybridized carbons (Fsp3) is 0.929. The van der Waals surface area contributed by atoms with Crippen molar-refractivity contribution in [2.24, 2.45) is 0 Å². The second kappa shape index (κ2) is 6.53. The van der Waals surface area contributed by atoms with E-state index < -0.39 is 0 Å². The number of carbonyl (C=O) groups excluding carboxylic acids is 1. The highest BCUT2D eigenvalue weighted by molar-refractivity contribution is 5.82. The standard InChI is InChI=1S/C14H27N3O/c1-3-8-15-13-5-4-9-17(14(13)18)11-10-16(2)12-6-7-12/h12-13,15H,3-11H2,1-2H3. The molecule has 0 spiro atoms. The van der Waals surface area contributed by atoms with Gasteiger partial charge in [-0.15, -0.1) is 0 Å². The van der Waals surface area contributed by atoms with Crippen LogP contribution >= 0.6 is 0 Å². The van der Waals surface area contributed by atoms with Gasteiger partial charge in [0.25, 0.3) is 0 Å². The zero-order chi connectivity index (χ0) is 13.0. The molecule has 4 nitrogen and oxygen atoms in total. The van der Waals surface area contributed by atoms with Gasteiger partial charge in [-0.2, -0.15) is 0 Å². The van der Waals surface area contributed by atoms with E-state index in [4.69, 9.17) is 0 Å². The molecule has 1 unspecified atom stereocenters. The number of nitrogens with zero attached hydrogens (tertiary/aromatic N) is 2. The topological polar surface area (TPSA) is 35.6 Å². The summed E-state index contributed by atoms with van der Waals surface area (Å²) in [6, 6.07) is 0.865. The molecule has 1 amide bonds. The molecule has 18 heavy (non-hydrogen) atoms. The van der Waals surface area contributed by atoms with Gasteiger partial charge in [0.15, 0.2) is 0 Å². The smallest absolute Gasteiger partial charge is 0.239 e. The van der Waals surface area contributed by atoms with Crippen LogP contribution in [0, 0.1) is 0 Å². The number of hydrogen-bond acceptors (Lipinski definition) is 3. The Balaban J connectivity index is 1.74. The number of nitrogens with one attached hydrogen (secondary N) is 1. The van der Waals surface area contributed by atoms with Crippen LogP contribution in [-0.2, 0) is 4.79 Å². The zero-order valence-corrected chi connectivity index (χ0v) is 11.8. The third-order valence-electron chi connectivity index (χ3n) is 4.06. The summed E-state index contributed by atoms with van der Waals surface area (Å²) in [5.74, 6) is 0.318. The molecule has 0 aromatic rings. The molecule has 0 aromatic heterocycles. The summed E-state index contributed by atoms with van der Waals surface area (Å²) in [6.45, 7) is 5.96. The maximum absolute atomic E-state index is 12.3. The van der Waals surface area contributed by atoms with Gasteiger partial charge >= 0.3 is 0 Å². The quantitative estimate of drug-likeness (QED) is 0.737. The van der Waals surface area contributed by atoms with E-state index in [9.17, 15) is 4.79 Å². The number of piperidine rings is 1. The van der Waals surface area contributed by atoms with Gasteiger partial charge in [-0.3, -0.25) is 4.79 Å². The van der Waals surface area contributed by atoms with E-state index >= 15 is 0 Å². The van der Waals surface area contributed by atoms with Crippen LogP contribution in [0.2, 0.25) is 0 Å². The molecule has 104 valence electrons. The Hall–Kier alpha value is -0.610. The van der Waals surface area contributed by atoms with Gasteiger partial charge in [-0.05, 0) is 45.7 Å². The lowest BCUT2D eigenvalue weighted by molar-refractivity contribution is -0.136. The first-order chi connectivity index (χ1) is 8.72. The van der Waals surface area contributed by atoms with Crippen LogP contribution in [0.1, 0.15) is 39.0 Å². The largest absolute Gasteiger partial charge is 0.340 e. The average molecular weight is 253 g/mol. The fourth-order valence-corrected chi connectivity index (χ4v) is 2.65. The van der Waals surface area contributed by atoms with Gasteiger partial charge < -0.3 is 15.1 Å². The highest BCUT2D eigenvalue weighted by Gasteiger charge is 2.30. The lowest BCUT2D eigenvalue weighted by Gasteiger charge is -2.33. The molecule has 1 saturated heterocycles. The Morgan fingerprint density at radius 3 is 2.83 bits per heavy atom.